The number of halogens is 1. The van der Waals surface area contributed by atoms with Crippen LogP contribution in [0.1, 0.15) is 16.8 Å². The second-order valence-corrected chi connectivity index (χ2v) is 4.49. The number of hydrogen-bond acceptors (Lipinski definition) is 3. The molecular formula is C10H12BrNOS. The summed E-state index contributed by atoms with van der Waals surface area (Å²) in [5.74, 6) is 0.0928. The van der Waals surface area contributed by atoms with E-state index in [2.05, 4.69) is 15.9 Å². The fourth-order valence-corrected chi connectivity index (χ4v) is 1.92. The van der Waals surface area contributed by atoms with Gasteiger partial charge in [-0.2, -0.15) is 0 Å². The highest BCUT2D eigenvalue weighted by molar-refractivity contribution is 9.09. The highest BCUT2D eigenvalue weighted by Crippen LogP contribution is 2.22. The Bertz CT molecular complexity index is 341. The number of hydrogen-bond donors (Lipinski definition) is 1. The lowest BCUT2D eigenvalue weighted by atomic mass is 10.1. The van der Waals surface area contributed by atoms with Crippen LogP contribution in [0, 0.1) is 0 Å². The Morgan fingerprint density at radius 2 is 2.29 bits per heavy atom. The molecule has 2 nitrogen and oxygen atoms in total. The molecule has 0 saturated carbocycles. The number of carbonyl (C=O) groups excluding carboxylic acids is 1. The van der Waals surface area contributed by atoms with Gasteiger partial charge in [0.1, 0.15) is 0 Å². The van der Waals surface area contributed by atoms with E-state index in [1.165, 1.54) is 0 Å². The molecule has 0 spiro atoms. The van der Waals surface area contributed by atoms with E-state index in [4.69, 9.17) is 5.73 Å². The first-order valence-electron chi connectivity index (χ1n) is 4.21. The van der Waals surface area contributed by atoms with Crippen LogP contribution in [-0.4, -0.2) is 17.4 Å². The molecule has 1 rings (SSSR count). The van der Waals surface area contributed by atoms with Gasteiger partial charge >= 0.3 is 0 Å². The van der Waals surface area contributed by atoms with Crippen LogP contribution in [0.25, 0.3) is 0 Å². The van der Waals surface area contributed by atoms with E-state index in [0.717, 1.165) is 4.90 Å². The first-order valence-corrected chi connectivity index (χ1v) is 6.56. The fourth-order valence-electron chi connectivity index (χ4n) is 1.12. The van der Waals surface area contributed by atoms with Crippen LogP contribution in [0.15, 0.2) is 23.1 Å². The third-order valence-electron chi connectivity index (χ3n) is 1.88. The molecule has 1 aromatic carbocycles. The van der Waals surface area contributed by atoms with Crippen LogP contribution in [0.5, 0.6) is 0 Å². The third-order valence-corrected chi connectivity index (χ3v) is 3.00. The number of thioether (sulfide) groups is 1. The first-order chi connectivity index (χ1) is 6.69. The standard InChI is InChI=1S/C10H12BrNOS/c1-14-7-2-3-9(12)8(6-7)10(13)4-5-11/h2-3,6H,4-5,12H2,1H3. The summed E-state index contributed by atoms with van der Waals surface area (Å²) in [5.41, 5.74) is 6.93. The van der Waals surface area contributed by atoms with Gasteiger partial charge in [-0.05, 0) is 24.5 Å². The number of ketones is 1. The average Bonchev–Trinajstić information content (AvgIpc) is 2.19. The van der Waals surface area contributed by atoms with Gasteiger partial charge in [0.25, 0.3) is 0 Å². The van der Waals surface area contributed by atoms with Gasteiger partial charge in [-0.25, -0.2) is 0 Å². The molecule has 0 saturated heterocycles. The van der Waals surface area contributed by atoms with Crippen molar-refractivity contribution < 1.29 is 4.79 Å². The van der Waals surface area contributed by atoms with Crippen LogP contribution in [-0.2, 0) is 0 Å². The second kappa shape index (κ2) is 5.41. The van der Waals surface area contributed by atoms with E-state index in [1.54, 1.807) is 17.8 Å². The molecule has 0 unspecified atom stereocenters. The number of benzene rings is 1. The predicted octanol–water partition coefficient (Wildman–Crippen LogP) is 2.96. The van der Waals surface area contributed by atoms with Crippen molar-refractivity contribution in [3.8, 4) is 0 Å². The lowest BCUT2D eigenvalue weighted by Gasteiger charge is -2.05. The van der Waals surface area contributed by atoms with Gasteiger partial charge in [0.15, 0.2) is 5.78 Å². The van der Waals surface area contributed by atoms with Crippen molar-refractivity contribution in [2.75, 3.05) is 17.3 Å². The SMILES string of the molecule is CSc1ccc(N)c(C(=O)CCBr)c1. The molecule has 0 heterocycles. The molecule has 2 N–H and O–H groups in total. The maximum absolute atomic E-state index is 11.6. The van der Waals surface area contributed by atoms with Gasteiger partial charge in [-0.3, -0.25) is 4.79 Å². The summed E-state index contributed by atoms with van der Waals surface area (Å²) in [4.78, 5) is 12.7. The predicted molar refractivity (Wildman–Crippen MR) is 65.4 cm³/mol. The maximum Gasteiger partial charge on any atom is 0.165 e. The van der Waals surface area contributed by atoms with Gasteiger partial charge in [-0.15, -0.1) is 11.8 Å². The van der Waals surface area contributed by atoms with E-state index in [9.17, 15) is 4.79 Å². The Kier molecular flexibility index (Phi) is 4.48. The van der Waals surface area contributed by atoms with Crippen LogP contribution in [0.3, 0.4) is 0 Å². The van der Waals surface area contributed by atoms with Gasteiger partial charge < -0.3 is 5.73 Å². The monoisotopic (exact) mass is 273 g/mol. The first kappa shape index (κ1) is 11.6. The molecule has 14 heavy (non-hydrogen) atoms. The smallest absolute Gasteiger partial charge is 0.165 e. The van der Waals surface area contributed by atoms with Crippen molar-refractivity contribution in [2.45, 2.75) is 11.3 Å². The van der Waals surface area contributed by atoms with Crippen molar-refractivity contribution >= 4 is 39.2 Å². The fraction of sp³-hybridized carbons (Fsp3) is 0.300. The molecule has 0 aliphatic rings. The zero-order valence-corrected chi connectivity index (χ0v) is 10.3. The highest BCUT2D eigenvalue weighted by Gasteiger charge is 2.09. The Labute approximate surface area is 96.4 Å². The van der Waals surface area contributed by atoms with Crippen LogP contribution in [0.2, 0.25) is 0 Å². The van der Waals surface area contributed by atoms with Crippen molar-refractivity contribution in [3.05, 3.63) is 23.8 Å². The molecule has 0 bridgehead atoms. The molecule has 1 aromatic rings. The van der Waals surface area contributed by atoms with Gasteiger partial charge in [0, 0.05) is 27.9 Å². The van der Waals surface area contributed by atoms with Crippen molar-refractivity contribution in [2.24, 2.45) is 0 Å². The van der Waals surface area contributed by atoms with E-state index in [-0.39, 0.29) is 5.78 Å². The van der Waals surface area contributed by atoms with E-state index < -0.39 is 0 Å². The number of alkyl halides is 1. The lowest BCUT2D eigenvalue weighted by Crippen LogP contribution is -2.04. The quantitative estimate of drug-likeness (QED) is 0.397. The summed E-state index contributed by atoms with van der Waals surface area (Å²) in [6, 6.07) is 5.56. The van der Waals surface area contributed by atoms with E-state index in [0.29, 0.717) is 23.0 Å². The van der Waals surface area contributed by atoms with Crippen molar-refractivity contribution in [1.82, 2.24) is 0 Å². The van der Waals surface area contributed by atoms with Crippen LogP contribution >= 0.6 is 27.7 Å². The summed E-state index contributed by atoms with van der Waals surface area (Å²) in [5, 5.41) is 0.675. The minimum atomic E-state index is 0.0928. The summed E-state index contributed by atoms with van der Waals surface area (Å²) in [6.45, 7) is 0. The number of anilines is 1. The number of carbonyl (C=O) groups is 1. The van der Waals surface area contributed by atoms with Crippen molar-refractivity contribution in [1.29, 1.82) is 0 Å². The minimum Gasteiger partial charge on any atom is -0.398 e. The maximum atomic E-state index is 11.6. The molecule has 0 aromatic heterocycles. The highest BCUT2D eigenvalue weighted by atomic mass is 79.9. The Balaban J connectivity index is 2.99. The Hall–Kier alpha value is -0.480. The van der Waals surface area contributed by atoms with E-state index >= 15 is 0 Å². The van der Waals surface area contributed by atoms with Crippen LogP contribution < -0.4 is 5.73 Å². The number of rotatable bonds is 4. The topological polar surface area (TPSA) is 43.1 Å². The van der Waals surface area contributed by atoms with E-state index in [1.807, 2.05) is 18.4 Å². The summed E-state index contributed by atoms with van der Waals surface area (Å²) >= 11 is 4.85. The van der Waals surface area contributed by atoms with Crippen LogP contribution in [0.4, 0.5) is 5.69 Å². The number of nitrogens with two attached hydrogens (primary N) is 1. The average molecular weight is 274 g/mol. The normalized spacial score (nSPS) is 10.1. The molecule has 4 heteroatoms. The van der Waals surface area contributed by atoms with Crippen molar-refractivity contribution in [3.63, 3.8) is 0 Å². The molecule has 0 amide bonds. The van der Waals surface area contributed by atoms with Gasteiger partial charge in [-0.1, -0.05) is 15.9 Å². The Morgan fingerprint density at radius 3 is 2.86 bits per heavy atom. The summed E-state index contributed by atoms with van der Waals surface area (Å²) < 4.78 is 0. The second-order valence-electron chi connectivity index (χ2n) is 2.82. The molecule has 0 fully saturated rings. The summed E-state index contributed by atoms with van der Waals surface area (Å²) in [7, 11) is 0. The molecule has 0 atom stereocenters. The molecule has 76 valence electrons. The largest absolute Gasteiger partial charge is 0.398 e. The van der Waals surface area contributed by atoms with Gasteiger partial charge in [0.2, 0.25) is 0 Å². The Morgan fingerprint density at radius 1 is 1.57 bits per heavy atom. The third kappa shape index (κ3) is 2.75. The zero-order valence-electron chi connectivity index (χ0n) is 7.92. The van der Waals surface area contributed by atoms with Gasteiger partial charge in [0.05, 0.1) is 0 Å². The summed E-state index contributed by atoms with van der Waals surface area (Å²) in [6.07, 6.45) is 2.46. The lowest BCUT2D eigenvalue weighted by molar-refractivity contribution is 0.0990. The molecule has 0 radical (unpaired) electrons. The number of nitrogen functional groups attached to an aromatic ring is 1. The molecule has 0 aliphatic heterocycles. The zero-order chi connectivity index (χ0) is 10.6. The number of Topliss-reactive ketones (excluding diaryl/α,β-unsaturated/α-hetero) is 1. The molecular weight excluding hydrogens is 262 g/mol. The minimum absolute atomic E-state index is 0.0928. The molecule has 0 aliphatic carbocycles.